The number of carboxylic acids is 1. The van der Waals surface area contributed by atoms with Gasteiger partial charge in [-0.1, -0.05) is 13.8 Å². The second-order valence-corrected chi connectivity index (χ2v) is 4.89. The molecule has 116 valence electrons. The van der Waals surface area contributed by atoms with Gasteiger partial charge in [0.25, 0.3) is 0 Å². The Labute approximate surface area is 129 Å². The van der Waals surface area contributed by atoms with Crippen molar-refractivity contribution in [1.82, 2.24) is 4.57 Å². The standard InChI is InChI=1S/C17H19NO4/c1-3-11-22-17(21)12-5-7-13(8-6-12)18-10-9-14(16(19)20)15(18)4-2/h5-10H,3-4,11H2,1-2H3,(H,19,20). The third-order valence-corrected chi connectivity index (χ3v) is 3.38. The summed E-state index contributed by atoms with van der Waals surface area (Å²) < 4.78 is 6.90. The molecule has 0 unspecified atom stereocenters. The van der Waals surface area contributed by atoms with E-state index in [0.29, 0.717) is 24.2 Å². The van der Waals surface area contributed by atoms with Gasteiger partial charge in [-0.25, -0.2) is 9.59 Å². The van der Waals surface area contributed by atoms with Crippen LogP contribution >= 0.6 is 0 Å². The van der Waals surface area contributed by atoms with Crippen molar-refractivity contribution in [3.8, 4) is 5.69 Å². The first-order valence-electron chi connectivity index (χ1n) is 7.29. The van der Waals surface area contributed by atoms with E-state index in [0.717, 1.165) is 17.8 Å². The average molecular weight is 301 g/mol. The molecule has 0 aliphatic rings. The predicted octanol–water partition coefficient (Wildman–Crippen LogP) is 3.30. The van der Waals surface area contributed by atoms with Crippen LogP contribution in [0.25, 0.3) is 5.69 Å². The van der Waals surface area contributed by atoms with Gasteiger partial charge >= 0.3 is 11.9 Å². The lowest BCUT2D eigenvalue weighted by Gasteiger charge is -2.10. The zero-order valence-electron chi connectivity index (χ0n) is 12.7. The summed E-state index contributed by atoms with van der Waals surface area (Å²) in [4.78, 5) is 23.0. The van der Waals surface area contributed by atoms with E-state index in [4.69, 9.17) is 4.74 Å². The first-order valence-corrected chi connectivity index (χ1v) is 7.29. The number of carbonyl (C=O) groups excluding carboxylic acids is 1. The van der Waals surface area contributed by atoms with Crippen molar-refractivity contribution in [2.24, 2.45) is 0 Å². The fourth-order valence-electron chi connectivity index (χ4n) is 2.30. The molecule has 0 aliphatic carbocycles. The lowest BCUT2D eigenvalue weighted by atomic mass is 10.2. The normalized spacial score (nSPS) is 10.5. The van der Waals surface area contributed by atoms with E-state index in [1.165, 1.54) is 0 Å². The first-order chi connectivity index (χ1) is 10.6. The topological polar surface area (TPSA) is 68.5 Å². The van der Waals surface area contributed by atoms with E-state index in [9.17, 15) is 14.7 Å². The maximum atomic E-state index is 11.8. The van der Waals surface area contributed by atoms with Crippen LogP contribution < -0.4 is 0 Å². The van der Waals surface area contributed by atoms with Gasteiger partial charge in [0.2, 0.25) is 0 Å². The molecule has 1 aromatic heterocycles. The van der Waals surface area contributed by atoms with E-state index >= 15 is 0 Å². The fraction of sp³-hybridized carbons (Fsp3) is 0.294. The number of ether oxygens (including phenoxy) is 1. The Morgan fingerprint density at radius 3 is 2.36 bits per heavy atom. The molecule has 1 heterocycles. The molecular weight excluding hydrogens is 282 g/mol. The molecule has 2 rings (SSSR count). The van der Waals surface area contributed by atoms with Gasteiger partial charge in [0, 0.05) is 17.6 Å². The third-order valence-electron chi connectivity index (χ3n) is 3.38. The maximum absolute atomic E-state index is 11.8. The summed E-state index contributed by atoms with van der Waals surface area (Å²) in [5.74, 6) is -1.28. The van der Waals surface area contributed by atoms with Gasteiger partial charge < -0.3 is 14.4 Å². The Kier molecular flexibility index (Phi) is 4.99. The highest BCUT2D eigenvalue weighted by Gasteiger charge is 2.15. The van der Waals surface area contributed by atoms with Crippen LogP contribution in [0.2, 0.25) is 0 Å². The monoisotopic (exact) mass is 301 g/mol. The van der Waals surface area contributed by atoms with Crippen LogP contribution in [-0.2, 0) is 11.2 Å². The highest BCUT2D eigenvalue weighted by atomic mass is 16.5. The van der Waals surface area contributed by atoms with Crippen molar-refractivity contribution < 1.29 is 19.4 Å². The Balaban J connectivity index is 2.28. The zero-order valence-corrected chi connectivity index (χ0v) is 12.7. The number of nitrogens with zero attached hydrogens (tertiary/aromatic N) is 1. The summed E-state index contributed by atoms with van der Waals surface area (Å²) in [6.07, 6.45) is 3.12. The summed E-state index contributed by atoms with van der Waals surface area (Å²) in [6, 6.07) is 8.53. The number of esters is 1. The third kappa shape index (κ3) is 3.19. The molecule has 0 saturated carbocycles. The number of aromatic nitrogens is 1. The molecule has 22 heavy (non-hydrogen) atoms. The molecule has 0 amide bonds. The molecule has 1 aromatic carbocycles. The molecule has 0 aliphatic heterocycles. The number of carbonyl (C=O) groups is 2. The van der Waals surface area contributed by atoms with Crippen molar-refractivity contribution in [3.63, 3.8) is 0 Å². The summed E-state index contributed by atoms with van der Waals surface area (Å²) in [5, 5.41) is 9.18. The number of rotatable bonds is 6. The minimum absolute atomic E-state index is 0.300. The van der Waals surface area contributed by atoms with Crippen LogP contribution in [0.1, 0.15) is 46.7 Å². The highest BCUT2D eigenvalue weighted by Crippen LogP contribution is 2.19. The van der Waals surface area contributed by atoms with Gasteiger partial charge in [0.15, 0.2) is 0 Å². The molecule has 0 atom stereocenters. The largest absolute Gasteiger partial charge is 0.478 e. The van der Waals surface area contributed by atoms with Crippen LogP contribution in [0.4, 0.5) is 0 Å². The number of aromatic carboxylic acids is 1. The zero-order chi connectivity index (χ0) is 16.1. The molecule has 0 fully saturated rings. The lowest BCUT2D eigenvalue weighted by molar-refractivity contribution is 0.0504. The van der Waals surface area contributed by atoms with Crippen molar-refractivity contribution in [2.45, 2.75) is 26.7 Å². The van der Waals surface area contributed by atoms with Crippen LogP contribution in [0.5, 0.6) is 0 Å². The van der Waals surface area contributed by atoms with Gasteiger partial charge in [-0.2, -0.15) is 0 Å². The van der Waals surface area contributed by atoms with E-state index in [1.807, 2.05) is 18.4 Å². The van der Waals surface area contributed by atoms with E-state index < -0.39 is 5.97 Å². The number of benzene rings is 1. The number of hydrogen-bond acceptors (Lipinski definition) is 3. The van der Waals surface area contributed by atoms with Gasteiger partial charge in [-0.05, 0) is 43.2 Å². The molecule has 0 saturated heterocycles. The SMILES string of the molecule is CCCOC(=O)c1ccc(-n2ccc(C(=O)O)c2CC)cc1. The Bertz CT molecular complexity index is 670. The lowest BCUT2D eigenvalue weighted by Crippen LogP contribution is -2.07. The second-order valence-electron chi connectivity index (χ2n) is 4.89. The predicted molar refractivity (Wildman–Crippen MR) is 82.7 cm³/mol. The highest BCUT2D eigenvalue weighted by molar-refractivity contribution is 5.90. The fourth-order valence-corrected chi connectivity index (χ4v) is 2.30. The summed E-state index contributed by atoms with van der Waals surface area (Å²) >= 11 is 0. The minimum Gasteiger partial charge on any atom is -0.478 e. The van der Waals surface area contributed by atoms with E-state index in [1.54, 1.807) is 36.5 Å². The van der Waals surface area contributed by atoms with Crippen molar-refractivity contribution in [1.29, 1.82) is 0 Å². The van der Waals surface area contributed by atoms with Crippen molar-refractivity contribution in [3.05, 3.63) is 53.3 Å². The molecule has 1 N–H and O–H groups in total. The van der Waals surface area contributed by atoms with Crippen LogP contribution in [0.3, 0.4) is 0 Å². The van der Waals surface area contributed by atoms with Crippen molar-refractivity contribution in [2.75, 3.05) is 6.61 Å². The first kappa shape index (κ1) is 15.8. The maximum Gasteiger partial charge on any atom is 0.338 e. The quantitative estimate of drug-likeness (QED) is 0.831. The molecule has 5 heteroatoms. The molecule has 0 bridgehead atoms. The number of hydrogen-bond donors (Lipinski definition) is 1. The molecule has 2 aromatic rings. The number of carboxylic acid groups (broad SMARTS) is 1. The average Bonchev–Trinajstić information content (AvgIpc) is 2.96. The Hall–Kier alpha value is -2.56. The Morgan fingerprint density at radius 2 is 1.82 bits per heavy atom. The smallest absolute Gasteiger partial charge is 0.338 e. The van der Waals surface area contributed by atoms with Crippen LogP contribution in [-0.4, -0.2) is 28.2 Å². The van der Waals surface area contributed by atoms with E-state index in [2.05, 4.69) is 0 Å². The molecular formula is C17H19NO4. The molecule has 0 spiro atoms. The minimum atomic E-state index is -0.935. The summed E-state index contributed by atoms with van der Waals surface area (Å²) in [7, 11) is 0. The second kappa shape index (κ2) is 6.93. The summed E-state index contributed by atoms with van der Waals surface area (Å²) in [5.41, 5.74) is 2.33. The van der Waals surface area contributed by atoms with E-state index in [-0.39, 0.29) is 5.97 Å². The summed E-state index contributed by atoms with van der Waals surface area (Å²) in [6.45, 7) is 4.25. The Morgan fingerprint density at radius 1 is 1.14 bits per heavy atom. The van der Waals surface area contributed by atoms with Crippen molar-refractivity contribution >= 4 is 11.9 Å². The van der Waals surface area contributed by atoms with Gasteiger partial charge in [0.05, 0.1) is 17.7 Å². The van der Waals surface area contributed by atoms with Gasteiger partial charge in [-0.15, -0.1) is 0 Å². The van der Waals surface area contributed by atoms with Gasteiger partial charge in [-0.3, -0.25) is 0 Å². The molecule has 5 nitrogen and oxygen atoms in total. The van der Waals surface area contributed by atoms with Crippen LogP contribution in [0.15, 0.2) is 36.5 Å². The van der Waals surface area contributed by atoms with Crippen LogP contribution in [0, 0.1) is 0 Å². The molecule has 0 radical (unpaired) electrons. The van der Waals surface area contributed by atoms with Gasteiger partial charge in [0.1, 0.15) is 0 Å².